The molecule has 92 valence electrons. The summed E-state index contributed by atoms with van der Waals surface area (Å²) >= 11 is 1.64. The third-order valence-electron chi connectivity index (χ3n) is 2.63. The van der Waals surface area contributed by atoms with Gasteiger partial charge in [-0.1, -0.05) is 0 Å². The fourth-order valence-corrected chi connectivity index (χ4v) is 2.38. The van der Waals surface area contributed by atoms with Crippen LogP contribution in [0.1, 0.15) is 31.4 Å². The van der Waals surface area contributed by atoms with E-state index in [9.17, 15) is 0 Å². The number of hydrogen-bond acceptors (Lipinski definition) is 4. The molecule has 0 atom stereocenters. The lowest BCUT2D eigenvalue weighted by atomic mass is 10.3. The van der Waals surface area contributed by atoms with Gasteiger partial charge in [-0.25, -0.2) is 9.97 Å². The maximum Gasteiger partial charge on any atom is 0.123 e. The lowest BCUT2D eigenvalue weighted by Crippen LogP contribution is -2.20. The molecule has 4 nitrogen and oxygen atoms in total. The highest BCUT2D eigenvalue weighted by molar-refractivity contribution is 7.07. The first kappa shape index (κ1) is 12.3. The summed E-state index contributed by atoms with van der Waals surface area (Å²) in [5.74, 6) is 1.11. The second-order valence-corrected chi connectivity index (χ2v) is 5.22. The van der Waals surface area contributed by atoms with E-state index in [2.05, 4.69) is 45.7 Å². The van der Waals surface area contributed by atoms with E-state index in [1.807, 2.05) is 17.9 Å². The molecule has 5 heteroatoms. The van der Waals surface area contributed by atoms with Crippen molar-refractivity contribution in [3.8, 4) is 0 Å². The number of hydrogen-bond donors (Lipinski definition) is 0. The van der Waals surface area contributed by atoms with Gasteiger partial charge < -0.3 is 4.57 Å². The zero-order valence-corrected chi connectivity index (χ0v) is 11.3. The molecule has 0 bridgehead atoms. The highest BCUT2D eigenvalue weighted by atomic mass is 32.1. The number of nitrogens with zero attached hydrogens (tertiary/aromatic N) is 4. The molecular weight excluding hydrogens is 232 g/mol. The van der Waals surface area contributed by atoms with Gasteiger partial charge >= 0.3 is 0 Å². The van der Waals surface area contributed by atoms with E-state index in [-0.39, 0.29) is 0 Å². The third-order valence-corrected chi connectivity index (χ3v) is 3.27. The van der Waals surface area contributed by atoms with E-state index >= 15 is 0 Å². The summed E-state index contributed by atoms with van der Waals surface area (Å²) in [6.07, 6.45) is 3.91. The quantitative estimate of drug-likeness (QED) is 0.818. The summed E-state index contributed by atoms with van der Waals surface area (Å²) < 4.78 is 2.21. The largest absolute Gasteiger partial charge is 0.331 e. The Morgan fingerprint density at radius 2 is 2.18 bits per heavy atom. The summed E-state index contributed by atoms with van der Waals surface area (Å²) in [5, 5.41) is 2.09. The zero-order chi connectivity index (χ0) is 12.3. The van der Waals surface area contributed by atoms with Crippen LogP contribution in [0.4, 0.5) is 0 Å². The molecule has 0 saturated carbocycles. The fourth-order valence-electron chi connectivity index (χ4n) is 1.83. The lowest BCUT2D eigenvalue weighted by molar-refractivity contribution is 0.299. The summed E-state index contributed by atoms with van der Waals surface area (Å²) in [4.78, 5) is 10.9. The molecule has 2 rings (SSSR count). The van der Waals surface area contributed by atoms with E-state index < -0.39 is 0 Å². The summed E-state index contributed by atoms with van der Waals surface area (Å²) in [5.41, 5.74) is 3.00. The molecule has 0 aromatic carbocycles. The van der Waals surface area contributed by atoms with E-state index in [4.69, 9.17) is 0 Å². The van der Waals surface area contributed by atoms with Crippen molar-refractivity contribution >= 4 is 11.3 Å². The molecule has 17 heavy (non-hydrogen) atoms. The van der Waals surface area contributed by atoms with Crippen LogP contribution in [0.15, 0.2) is 23.3 Å². The number of imidazole rings is 1. The Balaban J connectivity index is 1.98. The molecule has 0 aliphatic heterocycles. The second-order valence-electron chi connectivity index (χ2n) is 4.50. The maximum absolute atomic E-state index is 4.41. The van der Waals surface area contributed by atoms with Crippen LogP contribution >= 0.6 is 11.3 Å². The van der Waals surface area contributed by atoms with Crippen molar-refractivity contribution in [1.82, 2.24) is 19.4 Å². The average Bonchev–Trinajstić information content (AvgIpc) is 2.88. The highest BCUT2D eigenvalue weighted by Crippen LogP contribution is 2.11. The lowest BCUT2D eigenvalue weighted by Gasteiger charge is -2.17. The van der Waals surface area contributed by atoms with E-state index in [0.717, 1.165) is 24.6 Å². The Morgan fingerprint density at radius 1 is 1.35 bits per heavy atom. The molecule has 0 aliphatic rings. The smallest absolute Gasteiger partial charge is 0.123 e. The summed E-state index contributed by atoms with van der Waals surface area (Å²) in [7, 11) is 2.10. The minimum Gasteiger partial charge on any atom is -0.331 e. The normalized spacial score (nSPS) is 11.6. The Bertz CT molecular complexity index is 447. The predicted octanol–water partition coefficient (Wildman–Crippen LogP) is 2.55. The van der Waals surface area contributed by atoms with Crippen LogP contribution in [-0.4, -0.2) is 26.5 Å². The van der Waals surface area contributed by atoms with Crippen molar-refractivity contribution in [1.29, 1.82) is 0 Å². The number of aromatic nitrogens is 3. The van der Waals surface area contributed by atoms with Gasteiger partial charge in [0.15, 0.2) is 0 Å². The van der Waals surface area contributed by atoms with Gasteiger partial charge in [-0.2, -0.15) is 0 Å². The predicted molar refractivity (Wildman–Crippen MR) is 69.9 cm³/mol. The Labute approximate surface area is 106 Å². The minimum absolute atomic E-state index is 0.458. The first-order chi connectivity index (χ1) is 8.16. The third kappa shape index (κ3) is 3.14. The summed E-state index contributed by atoms with van der Waals surface area (Å²) in [6, 6.07) is 0.458. The van der Waals surface area contributed by atoms with Crippen molar-refractivity contribution in [3.63, 3.8) is 0 Å². The molecule has 0 saturated heterocycles. The van der Waals surface area contributed by atoms with Crippen LogP contribution in [0, 0.1) is 0 Å². The fraction of sp³-hybridized carbons (Fsp3) is 0.500. The number of thiazole rings is 1. The maximum atomic E-state index is 4.41. The Morgan fingerprint density at radius 3 is 2.82 bits per heavy atom. The van der Waals surface area contributed by atoms with Crippen molar-refractivity contribution in [3.05, 3.63) is 34.8 Å². The van der Waals surface area contributed by atoms with Crippen molar-refractivity contribution in [2.24, 2.45) is 0 Å². The van der Waals surface area contributed by atoms with Gasteiger partial charge in [0.1, 0.15) is 5.82 Å². The highest BCUT2D eigenvalue weighted by Gasteiger charge is 2.09. The Kier molecular flexibility index (Phi) is 3.91. The van der Waals surface area contributed by atoms with Crippen LogP contribution < -0.4 is 0 Å². The second kappa shape index (κ2) is 5.42. The first-order valence-corrected chi connectivity index (χ1v) is 6.68. The van der Waals surface area contributed by atoms with E-state index in [1.165, 1.54) is 0 Å². The first-order valence-electron chi connectivity index (χ1n) is 5.74. The zero-order valence-electron chi connectivity index (χ0n) is 10.5. The molecule has 0 unspecified atom stereocenters. The molecule has 0 amide bonds. The van der Waals surface area contributed by atoms with Crippen LogP contribution in [0.2, 0.25) is 0 Å². The number of rotatable bonds is 5. The molecule has 0 N–H and O–H groups in total. The van der Waals surface area contributed by atoms with Gasteiger partial charge in [0.05, 0.1) is 17.7 Å². The molecule has 0 spiro atoms. The minimum atomic E-state index is 0.458. The van der Waals surface area contributed by atoms with Gasteiger partial charge in [0, 0.05) is 30.4 Å². The molecule has 2 aromatic rings. The molecule has 2 aromatic heterocycles. The molecule has 0 radical (unpaired) electrons. The van der Waals surface area contributed by atoms with Crippen LogP contribution in [-0.2, 0) is 13.1 Å². The summed E-state index contributed by atoms with van der Waals surface area (Å²) in [6.45, 7) is 6.06. The van der Waals surface area contributed by atoms with Gasteiger partial charge in [0.25, 0.3) is 0 Å². The van der Waals surface area contributed by atoms with Crippen LogP contribution in [0.25, 0.3) is 0 Å². The monoisotopic (exact) mass is 250 g/mol. The van der Waals surface area contributed by atoms with Gasteiger partial charge in [-0.15, -0.1) is 11.3 Å². The van der Waals surface area contributed by atoms with Crippen LogP contribution in [0.3, 0.4) is 0 Å². The SMILES string of the molecule is CC(C)n1ccnc1CN(C)Cc1cscn1. The molecular formula is C12H18N4S. The topological polar surface area (TPSA) is 34.0 Å². The Hall–Kier alpha value is -1.20. The molecule has 0 aliphatic carbocycles. The van der Waals surface area contributed by atoms with E-state index in [0.29, 0.717) is 6.04 Å². The van der Waals surface area contributed by atoms with Gasteiger partial charge in [-0.3, -0.25) is 4.90 Å². The van der Waals surface area contributed by atoms with Crippen LogP contribution in [0.5, 0.6) is 0 Å². The molecule has 0 fully saturated rings. The standard InChI is InChI=1S/C12H18N4S/c1-10(2)16-5-4-13-12(16)7-15(3)6-11-8-17-9-14-11/h4-5,8-10H,6-7H2,1-3H3. The van der Waals surface area contributed by atoms with Crippen molar-refractivity contribution in [2.75, 3.05) is 7.05 Å². The average molecular weight is 250 g/mol. The van der Waals surface area contributed by atoms with Crippen molar-refractivity contribution in [2.45, 2.75) is 33.0 Å². The van der Waals surface area contributed by atoms with Gasteiger partial charge in [-0.05, 0) is 20.9 Å². The van der Waals surface area contributed by atoms with Crippen molar-refractivity contribution < 1.29 is 0 Å². The molecule has 2 heterocycles. The van der Waals surface area contributed by atoms with E-state index in [1.54, 1.807) is 11.3 Å². The van der Waals surface area contributed by atoms with Gasteiger partial charge in [0.2, 0.25) is 0 Å².